The van der Waals surface area contributed by atoms with Crippen LogP contribution in [0.15, 0.2) is 52.1 Å². The lowest BCUT2D eigenvalue weighted by molar-refractivity contribution is 0.120. The summed E-state index contributed by atoms with van der Waals surface area (Å²) in [6, 6.07) is 8.84. The average Bonchev–Trinajstić information content (AvgIpc) is 3.15. The van der Waals surface area contributed by atoms with Crippen molar-refractivity contribution >= 4 is 22.3 Å². The van der Waals surface area contributed by atoms with Gasteiger partial charge in [-0.15, -0.1) is 0 Å². The Bertz CT molecular complexity index is 1330. The second-order valence-electron chi connectivity index (χ2n) is 8.70. The van der Waals surface area contributed by atoms with Gasteiger partial charge in [0.1, 0.15) is 5.58 Å². The van der Waals surface area contributed by atoms with Gasteiger partial charge in [0.25, 0.3) is 0 Å². The minimum absolute atomic E-state index is 0.368. The molecule has 4 aromatic rings. The molecule has 1 aliphatic carbocycles. The highest BCUT2D eigenvalue weighted by Crippen LogP contribution is 2.29. The number of aryl methyl sites for hydroxylation is 1. The number of piperazine rings is 1. The summed E-state index contributed by atoms with van der Waals surface area (Å²) in [6.45, 7) is 6.16. The summed E-state index contributed by atoms with van der Waals surface area (Å²) in [5.74, 6) is 0. The fourth-order valence-electron chi connectivity index (χ4n) is 4.70. The quantitative estimate of drug-likeness (QED) is 0.477. The maximum atomic E-state index is 12.8. The Labute approximate surface area is 179 Å². The lowest BCUT2D eigenvalue weighted by atomic mass is 9.91. The van der Waals surface area contributed by atoms with Gasteiger partial charge >= 0.3 is 5.63 Å². The van der Waals surface area contributed by atoms with Gasteiger partial charge in [0.15, 0.2) is 5.65 Å². The Hall–Kier alpha value is -3.19. The van der Waals surface area contributed by atoms with Crippen LogP contribution in [0.5, 0.6) is 0 Å². The van der Waals surface area contributed by atoms with E-state index in [1.807, 2.05) is 41.9 Å². The van der Waals surface area contributed by atoms with Crippen LogP contribution in [-0.4, -0.2) is 51.5 Å². The van der Waals surface area contributed by atoms with E-state index in [-0.39, 0.29) is 5.63 Å². The van der Waals surface area contributed by atoms with Crippen LogP contribution >= 0.6 is 0 Å². The van der Waals surface area contributed by atoms with Crippen molar-refractivity contribution in [1.82, 2.24) is 19.3 Å². The number of hydrogen-bond donors (Lipinski definition) is 0. The van der Waals surface area contributed by atoms with Crippen LogP contribution in [0.1, 0.15) is 25.0 Å². The highest BCUT2D eigenvalue weighted by molar-refractivity contribution is 5.84. The first-order valence-electron chi connectivity index (χ1n) is 11.0. The molecule has 1 aromatic carbocycles. The molecule has 1 aliphatic heterocycles. The summed E-state index contributed by atoms with van der Waals surface area (Å²) in [4.78, 5) is 26.6. The summed E-state index contributed by atoms with van der Waals surface area (Å²) in [5.41, 5.74) is 4.03. The number of aromatic nitrogens is 3. The number of hydrogen-bond acceptors (Lipinski definition) is 6. The molecule has 2 aliphatic rings. The molecule has 3 aromatic heterocycles. The predicted molar refractivity (Wildman–Crippen MR) is 121 cm³/mol. The van der Waals surface area contributed by atoms with Crippen molar-refractivity contribution in [2.75, 3.05) is 31.1 Å². The number of nitrogens with zero attached hydrogens (tertiary/aromatic N) is 5. The van der Waals surface area contributed by atoms with Crippen molar-refractivity contribution in [2.45, 2.75) is 32.2 Å². The highest BCUT2D eigenvalue weighted by atomic mass is 16.4. The van der Waals surface area contributed by atoms with Crippen LogP contribution in [0.4, 0.5) is 5.69 Å². The second kappa shape index (κ2) is 7.20. The SMILES string of the molecule is Cc1cn2cc(-c3cc4ccc(N5CCN(C6CCC6)CC5)cc4oc3=O)nc2cn1. The Morgan fingerprint density at radius 2 is 1.90 bits per heavy atom. The first-order chi connectivity index (χ1) is 15.1. The Morgan fingerprint density at radius 3 is 2.68 bits per heavy atom. The zero-order chi connectivity index (χ0) is 20.9. The van der Waals surface area contributed by atoms with Crippen LogP contribution in [0.25, 0.3) is 27.9 Å². The normalized spacial score (nSPS) is 18.0. The smallest absolute Gasteiger partial charge is 0.345 e. The van der Waals surface area contributed by atoms with Crippen molar-refractivity contribution in [3.05, 3.63) is 59.0 Å². The topological polar surface area (TPSA) is 66.9 Å². The molecule has 31 heavy (non-hydrogen) atoms. The molecular weight excluding hydrogens is 390 g/mol. The number of fused-ring (bicyclic) bond motifs is 2. The fourth-order valence-corrected chi connectivity index (χ4v) is 4.70. The molecule has 0 spiro atoms. The lowest BCUT2D eigenvalue weighted by Crippen LogP contribution is -2.52. The van der Waals surface area contributed by atoms with Gasteiger partial charge in [0, 0.05) is 61.8 Å². The molecule has 0 N–H and O–H groups in total. The first kappa shape index (κ1) is 18.6. The van der Waals surface area contributed by atoms with Gasteiger partial charge in [-0.05, 0) is 38.0 Å². The van der Waals surface area contributed by atoms with E-state index in [0.29, 0.717) is 22.5 Å². The largest absolute Gasteiger partial charge is 0.422 e. The third kappa shape index (κ3) is 3.29. The minimum atomic E-state index is -0.368. The van der Waals surface area contributed by atoms with Gasteiger partial charge in [-0.1, -0.05) is 6.42 Å². The van der Waals surface area contributed by atoms with E-state index in [1.165, 1.54) is 19.3 Å². The number of imidazole rings is 1. The molecule has 7 heteroatoms. The van der Waals surface area contributed by atoms with Crippen molar-refractivity contribution in [3.8, 4) is 11.3 Å². The van der Waals surface area contributed by atoms with E-state index in [1.54, 1.807) is 6.20 Å². The van der Waals surface area contributed by atoms with Crippen LogP contribution in [0, 0.1) is 6.92 Å². The van der Waals surface area contributed by atoms with Gasteiger partial charge < -0.3 is 13.7 Å². The summed E-state index contributed by atoms with van der Waals surface area (Å²) < 4.78 is 7.61. The van der Waals surface area contributed by atoms with Crippen LogP contribution < -0.4 is 10.5 Å². The minimum Gasteiger partial charge on any atom is -0.422 e. The predicted octanol–water partition coefficient (Wildman–Crippen LogP) is 3.49. The third-order valence-corrected chi connectivity index (χ3v) is 6.74. The van der Waals surface area contributed by atoms with Crippen molar-refractivity contribution in [3.63, 3.8) is 0 Å². The monoisotopic (exact) mass is 415 g/mol. The maximum Gasteiger partial charge on any atom is 0.345 e. The van der Waals surface area contributed by atoms with E-state index in [9.17, 15) is 4.79 Å². The number of anilines is 1. The summed E-state index contributed by atoms with van der Waals surface area (Å²) >= 11 is 0. The summed E-state index contributed by atoms with van der Waals surface area (Å²) in [6.07, 6.45) is 9.53. The standard InChI is InChI=1S/C24H25N5O2/c1-16-14-29-15-21(26-23(29)13-25-16)20-11-17-5-6-19(12-22(17)31-24(20)30)28-9-7-27(8-10-28)18-3-2-4-18/h5-6,11-15,18H,2-4,7-10H2,1H3. The van der Waals surface area contributed by atoms with Gasteiger partial charge in [0.2, 0.25) is 0 Å². The molecule has 4 heterocycles. The maximum absolute atomic E-state index is 12.8. The Kier molecular flexibility index (Phi) is 4.31. The van der Waals surface area contributed by atoms with E-state index in [0.717, 1.165) is 49.0 Å². The lowest BCUT2D eigenvalue weighted by Gasteiger charge is -2.43. The number of benzene rings is 1. The van der Waals surface area contributed by atoms with E-state index < -0.39 is 0 Å². The van der Waals surface area contributed by atoms with Gasteiger partial charge in [0.05, 0.1) is 23.1 Å². The molecule has 158 valence electrons. The van der Waals surface area contributed by atoms with E-state index >= 15 is 0 Å². The van der Waals surface area contributed by atoms with Gasteiger partial charge in [-0.2, -0.15) is 0 Å². The Balaban J connectivity index is 1.29. The zero-order valence-electron chi connectivity index (χ0n) is 17.6. The van der Waals surface area contributed by atoms with Crippen LogP contribution in [-0.2, 0) is 0 Å². The zero-order valence-corrected chi connectivity index (χ0v) is 17.6. The molecule has 2 fully saturated rings. The van der Waals surface area contributed by atoms with Crippen molar-refractivity contribution in [1.29, 1.82) is 0 Å². The Morgan fingerprint density at radius 1 is 1.06 bits per heavy atom. The van der Waals surface area contributed by atoms with E-state index in [4.69, 9.17) is 4.42 Å². The molecule has 1 saturated heterocycles. The van der Waals surface area contributed by atoms with Crippen molar-refractivity contribution in [2.24, 2.45) is 0 Å². The molecule has 0 atom stereocenters. The molecule has 0 unspecified atom stereocenters. The van der Waals surface area contributed by atoms with E-state index in [2.05, 4.69) is 25.8 Å². The summed E-state index contributed by atoms with van der Waals surface area (Å²) in [5, 5.41) is 0.901. The molecule has 0 bridgehead atoms. The van der Waals surface area contributed by atoms with Gasteiger partial charge in [-0.25, -0.2) is 9.78 Å². The molecule has 0 amide bonds. The molecule has 1 saturated carbocycles. The molecular formula is C24H25N5O2. The van der Waals surface area contributed by atoms with Gasteiger partial charge in [-0.3, -0.25) is 9.88 Å². The highest BCUT2D eigenvalue weighted by Gasteiger charge is 2.28. The average molecular weight is 415 g/mol. The number of rotatable bonds is 3. The molecule has 6 rings (SSSR count). The van der Waals surface area contributed by atoms with Crippen LogP contribution in [0.2, 0.25) is 0 Å². The third-order valence-electron chi connectivity index (χ3n) is 6.74. The second-order valence-corrected chi connectivity index (χ2v) is 8.70. The van der Waals surface area contributed by atoms with Crippen molar-refractivity contribution < 1.29 is 4.42 Å². The molecule has 0 radical (unpaired) electrons. The van der Waals surface area contributed by atoms with Crippen LogP contribution in [0.3, 0.4) is 0 Å². The summed E-state index contributed by atoms with van der Waals surface area (Å²) in [7, 11) is 0. The first-order valence-corrected chi connectivity index (χ1v) is 11.0. The fraction of sp³-hybridized carbons (Fsp3) is 0.375. The molecule has 7 nitrogen and oxygen atoms in total.